The van der Waals surface area contributed by atoms with Crippen molar-refractivity contribution < 1.29 is 0 Å². The fourth-order valence-electron chi connectivity index (χ4n) is 1.92. The number of allylic oxidation sites excluding steroid dienone is 1. The number of benzene rings is 2. The van der Waals surface area contributed by atoms with Crippen LogP contribution >= 0.6 is 0 Å². The Balaban J connectivity index is 2.30. The predicted octanol–water partition coefficient (Wildman–Crippen LogP) is 5.09. The van der Waals surface area contributed by atoms with E-state index in [2.05, 4.69) is 74.5 Å². The maximum absolute atomic E-state index is 2.19. The molecule has 0 atom stereocenters. The lowest BCUT2D eigenvalue weighted by atomic mass is 9.99. The number of rotatable bonds is 3. The Morgan fingerprint density at radius 3 is 2.29 bits per heavy atom. The van der Waals surface area contributed by atoms with Gasteiger partial charge >= 0.3 is 0 Å². The molecule has 0 unspecified atom stereocenters. The standard InChI is InChI=1S/C17H18/c1-3-4-8-15-10-12-16(13-11-15)17-9-6-5-7-14(17)2/h4-13H,3H2,1-2H3/b8-4+. The van der Waals surface area contributed by atoms with E-state index in [9.17, 15) is 0 Å². The summed E-state index contributed by atoms with van der Waals surface area (Å²) in [6, 6.07) is 17.2. The van der Waals surface area contributed by atoms with Gasteiger partial charge in [-0.05, 0) is 35.6 Å². The van der Waals surface area contributed by atoms with Crippen molar-refractivity contribution in [2.24, 2.45) is 0 Å². The third-order valence-corrected chi connectivity index (χ3v) is 2.91. The summed E-state index contributed by atoms with van der Waals surface area (Å²) >= 11 is 0. The molecular weight excluding hydrogens is 204 g/mol. The van der Waals surface area contributed by atoms with E-state index in [0.29, 0.717) is 0 Å². The number of hydrogen-bond donors (Lipinski definition) is 0. The Morgan fingerprint density at radius 1 is 0.941 bits per heavy atom. The summed E-state index contributed by atoms with van der Waals surface area (Å²) in [5, 5.41) is 0. The van der Waals surface area contributed by atoms with Crippen LogP contribution < -0.4 is 0 Å². The highest BCUT2D eigenvalue weighted by Crippen LogP contribution is 2.23. The summed E-state index contributed by atoms with van der Waals surface area (Å²) in [7, 11) is 0. The monoisotopic (exact) mass is 222 g/mol. The Hall–Kier alpha value is -1.82. The lowest BCUT2D eigenvalue weighted by Gasteiger charge is -2.05. The Kier molecular flexibility index (Phi) is 3.77. The molecule has 0 saturated carbocycles. The lowest BCUT2D eigenvalue weighted by molar-refractivity contribution is 1.23. The molecule has 0 nitrogen and oxygen atoms in total. The molecular formula is C17H18. The first-order valence-corrected chi connectivity index (χ1v) is 6.14. The molecule has 0 N–H and O–H groups in total. The zero-order chi connectivity index (χ0) is 12.1. The summed E-state index contributed by atoms with van der Waals surface area (Å²) in [6.45, 7) is 4.30. The third kappa shape index (κ3) is 2.85. The van der Waals surface area contributed by atoms with E-state index in [1.807, 2.05) is 0 Å². The van der Waals surface area contributed by atoms with Crippen molar-refractivity contribution in [3.8, 4) is 11.1 Å². The van der Waals surface area contributed by atoms with Crippen LogP contribution in [0.5, 0.6) is 0 Å². The van der Waals surface area contributed by atoms with Gasteiger partial charge in [0.2, 0.25) is 0 Å². The van der Waals surface area contributed by atoms with Crippen LogP contribution in [0.1, 0.15) is 24.5 Å². The molecule has 0 aliphatic rings. The average molecular weight is 222 g/mol. The largest absolute Gasteiger partial charge is 0.0842 e. The lowest BCUT2D eigenvalue weighted by Crippen LogP contribution is -1.82. The molecule has 2 rings (SSSR count). The van der Waals surface area contributed by atoms with Gasteiger partial charge in [0, 0.05) is 0 Å². The molecule has 0 spiro atoms. The van der Waals surface area contributed by atoms with Crippen molar-refractivity contribution >= 4 is 6.08 Å². The van der Waals surface area contributed by atoms with E-state index in [0.717, 1.165) is 6.42 Å². The van der Waals surface area contributed by atoms with Crippen molar-refractivity contribution in [2.75, 3.05) is 0 Å². The quantitative estimate of drug-likeness (QED) is 0.679. The van der Waals surface area contributed by atoms with Crippen LogP contribution in [0.2, 0.25) is 0 Å². The smallest absolute Gasteiger partial charge is 0.0155 e. The summed E-state index contributed by atoms with van der Waals surface area (Å²) in [6.07, 6.45) is 5.43. The summed E-state index contributed by atoms with van der Waals surface area (Å²) < 4.78 is 0. The van der Waals surface area contributed by atoms with Crippen molar-refractivity contribution in [3.05, 3.63) is 65.7 Å². The van der Waals surface area contributed by atoms with Gasteiger partial charge in [-0.25, -0.2) is 0 Å². The zero-order valence-corrected chi connectivity index (χ0v) is 10.5. The topological polar surface area (TPSA) is 0 Å². The second-order valence-electron chi connectivity index (χ2n) is 4.25. The van der Waals surface area contributed by atoms with Crippen molar-refractivity contribution in [3.63, 3.8) is 0 Å². The maximum Gasteiger partial charge on any atom is -0.0155 e. The first-order valence-electron chi connectivity index (χ1n) is 6.14. The van der Waals surface area contributed by atoms with Gasteiger partial charge in [0.25, 0.3) is 0 Å². The second kappa shape index (κ2) is 5.49. The molecule has 0 aliphatic heterocycles. The van der Waals surface area contributed by atoms with E-state index in [-0.39, 0.29) is 0 Å². The zero-order valence-electron chi connectivity index (χ0n) is 10.5. The first kappa shape index (κ1) is 11.7. The van der Waals surface area contributed by atoms with Crippen LogP contribution in [0.4, 0.5) is 0 Å². The van der Waals surface area contributed by atoms with E-state index in [1.165, 1.54) is 22.3 Å². The van der Waals surface area contributed by atoms with Gasteiger partial charge in [-0.3, -0.25) is 0 Å². The highest BCUT2D eigenvalue weighted by Gasteiger charge is 1.99. The SMILES string of the molecule is CC/C=C/c1ccc(-c2ccccc2C)cc1. The molecule has 0 radical (unpaired) electrons. The minimum atomic E-state index is 1.08. The molecule has 0 amide bonds. The Labute approximate surface area is 104 Å². The van der Waals surface area contributed by atoms with Gasteiger partial charge in [0.05, 0.1) is 0 Å². The second-order valence-corrected chi connectivity index (χ2v) is 4.25. The average Bonchev–Trinajstić information content (AvgIpc) is 2.38. The highest BCUT2D eigenvalue weighted by molar-refractivity contribution is 5.68. The minimum Gasteiger partial charge on any atom is -0.0842 e. The molecule has 2 aromatic rings. The Bertz CT molecular complexity index is 504. The van der Waals surface area contributed by atoms with Crippen LogP contribution in [0, 0.1) is 6.92 Å². The van der Waals surface area contributed by atoms with Crippen molar-refractivity contribution in [1.82, 2.24) is 0 Å². The fraction of sp³-hybridized carbons (Fsp3) is 0.176. The van der Waals surface area contributed by atoms with Crippen LogP contribution in [0.15, 0.2) is 54.6 Å². The van der Waals surface area contributed by atoms with E-state index >= 15 is 0 Å². The summed E-state index contributed by atoms with van der Waals surface area (Å²) in [5.41, 5.74) is 5.20. The molecule has 0 heteroatoms. The first-order chi connectivity index (χ1) is 8.31. The van der Waals surface area contributed by atoms with Crippen molar-refractivity contribution in [1.29, 1.82) is 0 Å². The minimum absolute atomic E-state index is 1.08. The van der Waals surface area contributed by atoms with E-state index < -0.39 is 0 Å². The summed E-state index contributed by atoms with van der Waals surface area (Å²) in [4.78, 5) is 0. The highest BCUT2D eigenvalue weighted by atomic mass is 14.0. The van der Waals surface area contributed by atoms with Gasteiger partial charge in [-0.2, -0.15) is 0 Å². The molecule has 0 fully saturated rings. The van der Waals surface area contributed by atoms with E-state index in [1.54, 1.807) is 0 Å². The molecule has 0 bridgehead atoms. The number of hydrogen-bond acceptors (Lipinski definition) is 0. The Morgan fingerprint density at radius 2 is 1.65 bits per heavy atom. The maximum atomic E-state index is 2.19. The van der Waals surface area contributed by atoms with Gasteiger partial charge < -0.3 is 0 Å². The fourth-order valence-corrected chi connectivity index (χ4v) is 1.92. The molecule has 0 heterocycles. The van der Waals surface area contributed by atoms with Crippen molar-refractivity contribution in [2.45, 2.75) is 20.3 Å². The molecule has 17 heavy (non-hydrogen) atoms. The van der Waals surface area contributed by atoms with E-state index in [4.69, 9.17) is 0 Å². The number of aryl methyl sites for hydroxylation is 1. The molecule has 2 aromatic carbocycles. The summed E-state index contributed by atoms with van der Waals surface area (Å²) in [5.74, 6) is 0. The van der Waals surface area contributed by atoms with Gasteiger partial charge in [0.1, 0.15) is 0 Å². The van der Waals surface area contributed by atoms with Crippen LogP contribution in [-0.4, -0.2) is 0 Å². The van der Waals surface area contributed by atoms with Gasteiger partial charge in [-0.15, -0.1) is 0 Å². The predicted molar refractivity (Wildman–Crippen MR) is 75.9 cm³/mol. The van der Waals surface area contributed by atoms with Gasteiger partial charge in [0.15, 0.2) is 0 Å². The molecule has 0 saturated heterocycles. The molecule has 0 aliphatic carbocycles. The van der Waals surface area contributed by atoms with Gasteiger partial charge in [-0.1, -0.05) is 67.6 Å². The molecule has 0 aromatic heterocycles. The normalized spacial score (nSPS) is 10.9. The molecule has 86 valence electrons. The van der Waals surface area contributed by atoms with Crippen LogP contribution in [0.25, 0.3) is 17.2 Å². The van der Waals surface area contributed by atoms with Crippen LogP contribution in [-0.2, 0) is 0 Å². The van der Waals surface area contributed by atoms with Crippen LogP contribution in [0.3, 0.4) is 0 Å². The third-order valence-electron chi connectivity index (χ3n) is 2.91.